The first-order valence-electron chi connectivity index (χ1n) is 11.6. The van der Waals surface area contributed by atoms with Crippen LogP contribution in [0.4, 0.5) is 15.3 Å². The van der Waals surface area contributed by atoms with E-state index in [9.17, 15) is 9.59 Å². The maximum atomic E-state index is 12.9. The summed E-state index contributed by atoms with van der Waals surface area (Å²) >= 11 is 0. The number of rotatable bonds is 8. The highest BCUT2D eigenvalue weighted by Gasteiger charge is 2.40. The molecule has 8 nitrogen and oxygen atoms in total. The number of benzene rings is 2. The van der Waals surface area contributed by atoms with Crippen LogP contribution < -0.4 is 14.4 Å². The number of carbonyl (C=O) groups excluding carboxylic acids is 2. The maximum Gasteiger partial charge on any atom is 0.414 e. The number of hydrogen-bond donors (Lipinski definition) is 0. The zero-order valence-electron chi connectivity index (χ0n) is 20.6. The van der Waals surface area contributed by atoms with Gasteiger partial charge < -0.3 is 23.8 Å². The molecule has 8 heteroatoms. The monoisotopic (exact) mass is 470 g/mol. The minimum absolute atomic E-state index is 0.212. The fourth-order valence-electron chi connectivity index (χ4n) is 4.51. The van der Waals surface area contributed by atoms with Crippen molar-refractivity contribution in [2.75, 3.05) is 39.4 Å². The van der Waals surface area contributed by atoms with Crippen LogP contribution in [0.5, 0.6) is 11.5 Å². The Bertz CT molecular complexity index is 981. The van der Waals surface area contributed by atoms with Crippen molar-refractivity contribution in [3.05, 3.63) is 53.6 Å². The van der Waals surface area contributed by atoms with Gasteiger partial charge in [0, 0.05) is 24.2 Å². The van der Waals surface area contributed by atoms with Gasteiger partial charge in [-0.1, -0.05) is 30.3 Å². The normalized spacial score (nSPS) is 16.9. The number of nitrogens with zero attached hydrogens (tertiary/aromatic N) is 2. The van der Waals surface area contributed by atoms with Crippen molar-refractivity contribution in [1.82, 2.24) is 4.90 Å². The lowest BCUT2D eigenvalue weighted by atomic mass is 9.90. The van der Waals surface area contributed by atoms with Gasteiger partial charge in [-0.15, -0.1) is 0 Å². The van der Waals surface area contributed by atoms with E-state index in [0.717, 1.165) is 18.4 Å². The van der Waals surface area contributed by atoms with E-state index in [1.807, 2.05) is 31.2 Å². The van der Waals surface area contributed by atoms with Crippen LogP contribution in [0.15, 0.2) is 42.5 Å². The number of fused-ring (bicyclic) bond motifs is 1. The highest BCUT2D eigenvalue weighted by atomic mass is 16.6. The minimum atomic E-state index is -0.435. The molecular formula is C26H34N2O6. The molecule has 0 bridgehead atoms. The number of carbonyl (C=O) groups is 2. The van der Waals surface area contributed by atoms with Crippen LogP contribution in [0.2, 0.25) is 0 Å². The van der Waals surface area contributed by atoms with E-state index in [1.165, 1.54) is 12.7 Å². The summed E-state index contributed by atoms with van der Waals surface area (Å²) in [5, 5.41) is 0. The van der Waals surface area contributed by atoms with E-state index in [0.29, 0.717) is 30.2 Å². The highest BCUT2D eigenvalue weighted by Crippen LogP contribution is 2.46. The molecular weight excluding hydrogens is 436 g/mol. The van der Waals surface area contributed by atoms with Crippen molar-refractivity contribution in [2.45, 2.75) is 45.2 Å². The van der Waals surface area contributed by atoms with Crippen LogP contribution in [0.25, 0.3) is 0 Å². The molecule has 0 aliphatic carbocycles. The first kappa shape index (κ1) is 25.2. The summed E-state index contributed by atoms with van der Waals surface area (Å²) < 4.78 is 21.5. The molecule has 34 heavy (non-hydrogen) atoms. The Kier molecular flexibility index (Phi) is 8.62. The van der Waals surface area contributed by atoms with E-state index >= 15 is 0 Å². The average molecular weight is 471 g/mol. The van der Waals surface area contributed by atoms with Gasteiger partial charge >= 0.3 is 12.2 Å². The highest BCUT2D eigenvalue weighted by molar-refractivity contribution is 5.91. The molecule has 0 saturated carbocycles. The average Bonchev–Trinajstić information content (AvgIpc) is 2.85. The Hall–Kier alpha value is -3.42. The SMILES string of the molecule is CCOC(=O)N1c2cc(OC)c(OC)cc2[C@@H](N(CCCc2ccccc2)C(=O)OC)C[C@H]1C. The fourth-order valence-corrected chi connectivity index (χ4v) is 4.51. The zero-order valence-corrected chi connectivity index (χ0v) is 20.6. The maximum absolute atomic E-state index is 12.9. The molecule has 2 atom stereocenters. The molecule has 0 unspecified atom stereocenters. The van der Waals surface area contributed by atoms with Gasteiger partial charge in [0.1, 0.15) is 0 Å². The summed E-state index contributed by atoms with van der Waals surface area (Å²) in [5.41, 5.74) is 2.63. The van der Waals surface area contributed by atoms with Gasteiger partial charge in [-0.05, 0) is 44.7 Å². The first-order valence-corrected chi connectivity index (χ1v) is 11.6. The van der Waals surface area contributed by atoms with Gasteiger partial charge in [-0.3, -0.25) is 4.90 Å². The summed E-state index contributed by atoms with van der Waals surface area (Å²) in [5.74, 6) is 1.02. The second kappa shape index (κ2) is 11.6. The topological polar surface area (TPSA) is 77.5 Å². The molecule has 2 aromatic rings. The second-order valence-corrected chi connectivity index (χ2v) is 8.19. The molecule has 2 aromatic carbocycles. The van der Waals surface area contributed by atoms with E-state index in [4.69, 9.17) is 18.9 Å². The Morgan fingerprint density at radius 2 is 1.74 bits per heavy atom. The molecule has 3 rings (SSSR count). The van der Waals surface area contributed by atoms with Gasteiger partial charge in [0.15, 0.2) is 11.5 Å². The Labute approximate surface area is 201 Å². The molecule has 0 spiro atoms. The first-order chi connectivity index (χ1) is 16.4. The summed E-state index contributed by atoms with van der Waals surface area (Å²) in [6.07, 6.45) is 1.30. The van der Waals surface area contributed by atoms with E-state index in [-0.39, 0.29) is 18.7 Å². The molecule has 0 fully saturated rings. The number of ether oxygens (including phenoxy) is 4. The van der Waals surface area contributed by atoms with Crippen LogP contribution in [0, 0.1) is 0 Å². The molecule has 184 valence electrons. The van der Waals surface area contributed by atoms with Crippen molar-refractivity contribution in [1.29, 1.82) is 0 Å². The number of methoxy groups -OCH3 is 3. The van der Waals surface area contributed by atoms with Gasteiger partial charge in [0.05, 0.1) is 39.7 Å². The Morgan fingerprint density at radius 1 is 1.06 bits per heavy atom. The van der Waals surface area contributed by atoms with Crippen LogP contribution in [0.1, 0.15) is 43.9 Å². The molecule has 1 aliphatic heterocycles. The van der Waals surface area contributed by atoms with Crippen LogP contribution in [-0.4, -0.2) is 57.6 Å². The number of hydrogen-bond acceptors (Lipinski definition) is 6. The van der Waals surface area contributed by atoms with Crippen molar-refractivity contribution in [3.8, 4) is 11.5 Å². The molecule has 0 aromatic heterocycles. The van der Waals surface area contributed by atoms with E-state index in [1.54, 1.807) is 37.0 Å². The number of anilines is 1. The van der Waals surface area contributed by atoms with E-state index in [2.05, 4.69) is 12.1 Å². The van der Waals surface area contributed by atoms with Gasteiger partial charge in [0.2, 0.25) is 0 Å². The van der Waals surface area contributed by atoms with Crippen molar-refractivity contribution in [3.63, 3.8) is 0 Å². The van der Waals surface area contributed by atoms with Crippen molar-refractivity contribution < 1.29 is 28.5 Å². The smallest absolute Gasteiger partial charge is 0.414 e. The van der Waals surface area contributed by atoms with Crippen molar-refractivity contribution >= 4 is 17.9 Å². The quantitative estimate of drug-likeness (QED) is 0.528. The molecule has 1 heterocycles. The fraction of sp³-hybridized carbons (Fsp3) is 0.462. The molecule has 1 aliphatic rings. The molecule has 0 radical (unpaired) electrons. The largest absolute Gasteiger partial charge is 0.493 e. The number of amides is 2. The third-order valence-electron chi connectivity index (χ3n) is 6.11. The Balaban J connectivity index is 1.99. The van der Waals surface area contributed by atoms with Crippen LogP contribution in [-0.2, 0) is 15.9 Å². The van der Waals surface area contributed by atoms with Gasteiger partial charge in [-0.25, -0.2) is 9.59 Å². The predicted molar refractivity (Wildman–Crippen MR) is 130 cm³/mol. The second-order valence-electron chi connectivity index (χ2n) is 8.19. The van der Waals surface area contributed by atoms with Crippen LogP contribution >= 0.6 is 0 Å². The number of aryl methyl sites for hydroxylation is 1. The zero-order chi connectivity index (χ0) is 24.7. The predicted octanol–water partition coefficient (Wildman–Crippen LogP) is 5.20. The van der Waals surface area contributed by atoms with Crippen molar-refractivity contribution in [2.24, 2.45) is 0 Å². The molecule has 0 saturated heterocycles. The summed E-state index contributed by atoms with van der Waals surface area (Å²) in [6.45, 7) is 4.49. The third-order valence-corrected chi connectivity index (χ3v) is 6.11. The molecule has 2 amide bonds. The third kappa shape index (κ3) is 5.38. The van der Waals surface area contributed by atoms with E-state index < -0.39 is 12.2 Å². The summed E-state index contributed by atoms with van der Waals surface area (Å²) in [7, 11) is 4.50. The van der Waals surface area contributed by atoms with Crippen LogP contribution in [0.3, 0.4) is 0 Å². The minimum Gasteiger partial charge on any atom is -0.493 e. The lowest BCUT2D eigenvalue weighted by molar-refractivity contribution is 0.0972. The standard InChI is InChI=1S/C26H34N2O6/c1-6-34-26(30)28-18(2)15-21(20-16-23(31-3)24(32-4)17-22(20)28)27(25(29)33-5)14-10-13-19-11-8-7-9-12-19/h7-9,11-12,16-18,21H,6,10,13-15H2,1-5H3/t18-,21+/m1/s1. The summed E-state index contributed by atoms with van der Waals surface area (Å²) in [4.78, 5) is 29.1. The Morgan fingerprint density at radius 3 is 2.35 bits per heavy atom. The lowest BCUT2D eigenvalue weighted by Crippen LogP contribution is -2.48. The van der Waals surface area contributed by atoms with Gasteiger partial charge in [-0.2, -0.15) is 0 Å². The summed E-state index contributed by atoms with van der Waals surface area (Å²) in [6, 6.07) is 13.3. The van der Waals surface area contributed by atoms with Gasteiger partial charge in [0.25, 0.3) is 0 Å². The lowest BCUT2D eigenvalue weighted by Gasteiger charge is -2.42. The molecule has 0 N–H and O–H groups in total.